The Kier molecular flexibility index (Phi) is 5.75. The standard InChI is InChI=1S/C19H16N4O3S2/c1-26-16-4-2-3-13(9-16)18-12-27-19(23-18)14(10-20)11-22-15-5-7-17(8-6-15)28(21,24)25/h2-9,11-12,22H,1H3,(H2,21,24,25)/b14-11+. The van der Waals surface area contributed by atoms with Crippen LogP contribution in [0.1, 0.15) is 5.01 Å². The van der Waals surface area contributed by atoms with Crippen molar-refractivity contribution in [1.82, 2.24) is 4.98 Å². The zero-order valence-electron chi connectivity index (χ0n) is 14.8. The minimum absolute atomic E-state index is 0.0189. The number of methoxy groups -OCH3 is 1. The van der Waals surface area contributed by atoms with Gasteiger partial charge in [-0.15, -0.1) is 11.3 Å². The number of hydrogen-bond donors (Lipinski definition) is 2. The van der Waals surface area contributed by atoms with Crippen molar-refractivity contribution < 1.29 is 13.2 Å². The Morgan fingerprint density at radius 1 is 1.29 bits per heavy atom. The van der Waals surface area contributed by atoms with Crippen LogP contribution in [0.2, 0.25) is 0 Å². The number of hydrogen-bond acceptors (Lipinski definition) is 7. The van der Waals surface area contributed by atoms with E-state index in [-0.39, 0.29) is 4.90 Å². The lowest BCUT2D eigenvalue weighted by Gasteiger charge is -2.03. The number of nitrogens with two attached hydrogens (primary N) is 1. The minimum atomic E-state index is -3.74. The Balaban J connectivity index is 1.80. The van der Waals surface area contributed by atoms with Gasteiger partial charge < -0.3 is 10.1 Å². The molecule has 3 aromatic rings. The van der Waals surface area contributed by atoms with E-state index in [9.17, 15) is 13.7 Å². The Morgan fingerprint density at radius 3 is 2.68 bits per heavy atom. The Hall–Kier alpha value is -3.19. The van der Waals surface area contributed by atoms with E-state index in [0.717, 1.165) is 17.0 Å². The van der Waals surface area contributed by atoms with E-state index < -0.39 is 10.0 Å². The summed E-state index contributed by atoms with van der Waals surface area (Å²) in [5, 5.41) is 19.9. The predicted octanol–water partition coefficient (Wildman–Crippen LogP) is 3.44. The van der Waals surface area contributed by atoms with Crippen LogP contribution in [-0.2, 0) is 10.0 Å². The first-order valence-electron chi connectivity index (χ1n) is 8.00. The molecular weight excluding hydrogens is 396 g/mol. The number of nitrogens with zero attached hydrogens (tertiary/aromatic N) is 2. The number of nitriles is 1. The third-order valence-corrected chi connectivity index (χ3v) is 5.59. The molecule has 0 fully saturated rings. The summed E-state index contributed by atoms with van der Waals surface area (Å²) in [6.45, 7) is 0. The molecule has 3 N–H and O–H groups in total. The second kappa shape index (κ2) is 8.22. The highest BCUT2D eigenvalue weighted by Gasteiger charge is 2.10. The van der Waals surface area contributed by atoms with E-state index in [1.54, 1.807) is 19.2 Å². The first-order chi connectivity index (χ1) is 13.4. The summed E-state index contributed by atoms with van der Waals surface area (Å²) in [5.41, 5.74) is 2.61. The molecule has 0 saturated carbocycles. The van der Waals surface area contributed by atoms with Crippen LogP contribution in [0.5, 0.6) is 5.75 Å². The van der Waals surface area contributed by atoms with Gasteiger partial charge in [0.05, 0.1) is 17.7 Å². The van der Waals surface area contributed by atoms with Crippen LogP contribution in [0.3, 0.4) is 0 Å². The monoisotopic (exact) mass is 412 g/mol. The summed E-state index contributed by atoms with van der Waals surface area (Å²) in [5.74, 6) is 0.729. The molecule has 7 nitrogen and oxygen atoms in total. The van der Waals surface area contributed by atoms with Gasteiger partial charge in [-0.05, 0) is 36.4 Å². The van der Waals surface area contributed by atoms with Gasteiger partial charge >= 0.3 is 0 Å². The molecule has 0 aliphatic rings. The average molecular weight is 412 g/mol. The summed E-state index contributed by atoms with van der Waals surface area (Å²) in [6, 6.07) is 15.5. The second-order valence-corrected chi connectivity index (χ2v) is 8.07. The molecule has 9 heteroatoms. The lowest BCUT2D eigenvalue weighted by Crippen LogP contribution is -2.11. The maximum atomic E-state index is 11.3. The van der Waals surface area contributed by atoms with Crippen LogP contribution in [-0.4, -0.2) is 20.5 Å². The number of primary sulfonamides is 1. The molecule has 0 bridgehead atoms. The van der Waals surface area contributed by atoms with Crippen LogP contribution in [0.15, 0.2) is 65.0 Å². The van der Waals surface area contributed by atoms with Crippen molar-refractivity contribution in [3.63, 3.8) is 0 Å². The van der Waals surface area contributed by atoms with Gasteiger partial charge in [-0.25, -0.2) is 18.5 Å². The van der Waals surface area contributed by atoms with Crippen molar-refractivity contribution in [3.8, 4) is 23.1 Å². The van der Waals surface area contributed by atoms with Gasteiger partial charge in [-0.3, -0.25) is 0 Å². The molecule has 0 atom stereocenters. The first-order valence-corrected chi connectivity index (χ1v) is 10.4. The zero-order valence-corrected chi connectivity index (χ0v) is 16.4. The molecule has 28 heavy (non-hydrogen) atoms. The highest BCUT2D eigenvalue weighted by atomic mass is 32.2. The van der Waals surface area contributed by atoms with E-state index in [1.165, 1.54) is 29.7 Å². The number of rotatable bonds is 6. The number of aromatic nitrogens is 1. The average Bonchev–Trinajstić information content (AvgIpc) is 3.18. The zero-order chi connectivity index (χ0) is 20.1. The number of anilines is 1. The SMILES string of the molecule is COc1cccc(-c2csc(/C(C#N)=C/Nc3ccc(S(N)(=O)=O)cc3)n2)c1. The summed E-state index contributed by atoms with van der Waals surface area (Å²) < 4.78 is 27.8. The van der Waals surface area contributed by atoms with Crippen LogP contribution >= 0.6 is 11.3 Å². The number of benzene rings is 2. The Labute approximate surface area is 166 Å². The largest absolute Gasteiger partial charge is 0.497 e. The molecule has 1 aromatic heterocycles. The molecule has 0 aliphatic carbocycles. The van der Waals surface area contributed by atoms with Crippen LogP contribution in [0, 0.1) is 11.3 Å². The summed E-state index contributed by atoms with van der Waals surface area (Å²) in [7, 11) is -2.14. The van der Waals surface area contributed by atoms with Crippen molar-refractivity contribution in [3.05, 3.63) is 65.1 Å². The van der Waals surface area contributed by atoms with E-state index in [0.29, 0.717) is 16.3 Å². The number of sulfonamides is 1. The van der Waals surface area contributed by atoms with Gasteiger partial charge in [0.25, 0.3) is 0 Å². The van der Waals surface area contributed by atoms with Crippen molar-refractivity contribution in [1.29, 1.82) is 5.26 Å². The lowest BCUT2D eigenvalue weighted by molar-refractivity contribution is 0.415. The molecule has 0 amide bonds. The summed E-state index contributed by atoms with van der Waals surface area (Å²) in [6.07, 6.45) is 1.53. The highest BCUT2D eigenvalue weighted by molar-refractivity contribution is 7.89. The van der Waals surface area contributed by atoms with Gasteiger partial charge in [0.1, 0.15) is 22.4 Å². The molecule has 2 aromatic carbocycles. The van der Waals surface area contributed by atoms with Gasteiger partial charge in [0, 0.05) is 22.8 Å². The Bertz CT molecular complexity index is 1160. The van der Waals surface area contributed by atoms with Gasteiger partial charge in [-0.2, -0.15) is 5.26 Å². The third-order valence-electron chi connectivity index (χ3n) is 3.79. The van der Waals surface area contributed by atoms with Crippen molar-refractivity contribution in [2.75, 3.05) is 12.4 Å². The molecule has 3 rings (SSSR count). The fourth-order valence-corrected chi connectivity index (χ4v) is 3.66. The van der Waals surface area contributed by atoms with Crippen molar-refractivity contribution >= 4 is 32.6 Å². The second-order valence-electron chi connectivity index (χ2n) is 5.65. The minimum Gasteiger partial charge on any atom is -0.497 e. The van der Waals surface area contributed by atoms with Crippen LogP contribution < -0.4 is 15.2 Å². The van der Waals surface area contributed by atoms with E-state index in [1.807, 2.05) is 29.6 Å². The molecule has 0 spiro atoms. The fraction of sp³-hybridized carbons (Fsp3) is 0.0526. The van der Waals surface area contributed by atoms with Crippen molar-refractivity contribution in [2.45, 2.75) is 4.90 Å². The summed E-state index contributed by atoms with van der Waals surface area (Å²) in [4.78, 5) is 4.54. The first kappa shape index (κ1) is 19.6. The van der Waals surface area contributed by atoms with Gasteiger partial charge in [-0.1, -0.05) is 12.1 Å². The van der Waals surface area contributed by atoms with Crippen LogP contribution in [0.25, 0.3) is 16.8 Å². The predicted molar refractivity (Wildman–Crippen MR) is 109 cm³/mol. The molecule has 0 radical (unpaired) electrons. The van der Waals surface area contributed by atoms with Gasteiger partial charge in [0.15, 0.2) is 0 Å². The lowest BCUT2D eigenvalue weighted by atomic mass is 10.1. The molecule has 0 saturated heterocycles. The quantitative estimate of drug-likeness (QED) is 0.599. The highest BCUT2D eigenvalue weighted by Crippen LogP contribution is 2.28. The van der Waals surface area contributed by atoms with E-state index in [4.69, 9.17) is 9.88 Å². The topological polar surface area (TPSA) is 118 Å². The summed E-state index contributed by atoms with van der Waals surface area (Å²) >= 11 is 1.35. The molecular formula is C19H16N4O3S2. The normalized spacial score (nSPS) is 11.7. The maximum absolute atomic E-state index is 11.3. The number of allylic oxidation sites excluding steroid dienone is 1. The van der Waals surface area contributed by atoms with Gasteiger partial charge in [0.2, 0.25) is 10.0 Å². The molecule has 142 valence electrons. The molecule has 0 aliphatic heterocycles. The molecule has 0 unspecified atom stereocenters. The maximum Gasteiger partial charge on any atom is 0.238 e. The fourth-order valence-electron chi connectivity index (χ4n) is 2.35. The Morgan fingerprint density at radius 2 is 2.04 bits per heavy atom. The van der Waals surface area contributed by atoms with E-state index >= 15 is 0 Å². The number of ether oxygens (including phenoxy) is 1. The van der Waals surface area contributed by atoms with Crippen molar-refractivity contribution in [2.24, 2.45) is 5.14 Å². The molecule has 1 heterocycles. The van der Waals surface area contributed by atoms with E-state index in [2.05, 4.69) is 16.4 Å². The smallest absolute Gasteiger partial charge is 0.238 e. The third kappa shape index (κ3) is 4.55. The number of nitrogens with one attached hydrogen (secondary N) is 1. The van der Waals surface area contributed by atoms with Crippen LogP contribution in [0.4, 0.5) is 5.69 Å². The number of thiazole rings is 1.